The molecule has 3 aliphatic rings. The summed E-state index contributed by atoms with van der Waals surface area (Å²) in [6, 6.07) is 12.1. The fraction of sp³-hybridized carbons (Fsp3) is 0.529. The van der Waals surface area contributed by atoms with Crippen molar-refractivity contribution in [3.8, 4) is 5.75 Å². The second-order valence-electron chi connectivity index (χ2n) is 14.0. The molecule has 4 heterocycles. The summed E-state index contributed by atoms with van der Waals surface area (Å²) in [7, 11) is -1.39. The number of amides is 2. The maximum atomic E-state index is 14.8. The van der Waals surface area contributed by atoms with E-state index in [2.05, 4.69) is 15.6 Å². The van der Waals surface area contributed by atoms with E-state index in [-0.39, 0.29) is 24.6 Å². The summed E-state index contributed by atoms with van der Waals surface area (Å²) in [6.07, 6.45) is -6.78. The van der Waals surface area contributed by atoms with E-state index in [9.17, 15) is 39.9 Å². The Morgan fingerprint density at radius 1 is 1.10 bits per heavy atom. The number of carbonyl (C=O) groups excluding carboxylic acids is 2. The number of aliphatic hydroxyl groups is 5. The minimum absolute atomic E-state index is 0.0431. The average molecular weight is 728 g/mol. The minimum Gasteiger partial charge on any atom is -0.497 e. The maximum Gasteiger partial charge on any atom is 0.264 e. The summed E-state index contributed by atoms with van der Waals surface area (Å²) in [5.41, 5.74) is 1.09. The third kappa shape index (κ3) is 6.81. The van der Waals surface area contributed by atoms with Gasteiger partial charge in [0.2, 0.25) is 0 Å². The quantitative estimate of drug-likeness (QED) is 0.129. The van der Waals surface area contributed by atoms with E-state index < -0.39 is 62.6 Å². The summed E-state index contributed by atoms with van der Waals surface area (Å²) in [4.78, 5) is 41.1. The minimum atomic E-state index is -2.93. The first-order chi connectivity index (χ1) is 24.2. The van der Waals surface area contributed by atoms with Crippen molar-refractivity contribution in [3.63, 3.8) is 0 Å². The molecule has 276 valence electrons. The van der Waals surface area contributed by atoms with Crippen LogP contribution >= 0.6 is 0 Å². The van der Waals surface area contributed by atoms with Gasteiger partial charge < -0.3 is 54.8 Å². The Bertz CT molecular complexity index is 1750. The molecule has 17 heteroatoms. The smallest absolute Gasteiger partial charge is 0.264 e. The summed E-state index contributed by atoms with van der Waals surface area (Å²) in [5.74, 6) is -1.03. The van der Waals surface area contributed by atoms with Crippen molar-refractivity contribution in [1.29, 1.82) is 0 Å². The second kappa shape index (κ2) is 14.3. The van der Waals surface area contributed by atoms with Crippen LogP contribution in [0.5, 0.6) is 5.75 Å². The number of fused-ring (bicyclic) bond motifs is 2. The number of benzene rings is 2. The number of aryl methyl sites for hydroxylation is 1. The molecule has 0 unspecified atom stereocenters. The van der Waals surface area contributed by atoms with Gasteiger partial charge >= 0.3 is 0 Å². The van der Waals surface area contributed by atoms with Gasteiger partial charge in [-0.1, -0.05) is 24.3 Å². The highest BCUT2D eigenvalue weighted by Crippen LogP contribution is 2.60. The molecule has 2 fully saturated rings. The largest absolute Gasteiger partial charge is 0.497 e. The Morgan fingerprint density at radius 2 is 1.86 bits per heavy atom. The molecular formula is C34H45N5O11Si. The van der Waals surface area contributed by atoms with Crippen LogP contribution in [0.4, 0.5) is 11.4 Å². The van der Waals surface area contributed by atoms with Gasteiger partial charge in [-0.2, -0.15) is 0 Å². The third-order valence-corrected chi connectivity index (χ3v) is 12.7. The van der Waals surface area contributed by atoms with Crippen molar-refractivity contribution in [1.82, 2.24) is 15.0 Å². The molecule has 2 aromatic carbocycles. The average Bonchev–Trinajstić information content (AvgIpc) is 3.74. The topological polar surface area (TPSA) is 229 Å². The number of hydrogen-bond donors (Lipinski definition) is 7. The second-order valence-corrected chi connectivity index (χ2v) is 18.0. The molecule has 51 heavy (non-hydrogen) atoms. The number of nitrogens with zero attached hydrogens (tertiary/aromatic N) is 4. The molecule has 0 bridgehead atoms. The summed E-state index contributed by atoms with van der Waals surface area (Å²) in [6.45, 7) is 6.12. The van der Waals surface area contributed by atoms with Gasteiger partial charge in [-0.15, -0.1) is 5.10 Å². The number of hydrogen-bond acceptors (Lipinski definition) is 13. The standard InChI is InChI=1S/C34H45N5O11Si/c1-18-30(51(3,4)47)25(10-12-38-17-21(11-13-40)36-37-38)50-34(18)23-15-22(48-2)8-9-24(23)39(33(34)46)16-19-6-5-7-20(14-19)35-31(44)29-27(42)26(41)28(43)32(45)49-29/h5-9,14-15,17-18,25-30,32,40-43,45,47H,10-13,16H2,1-4H3,(H,35,44)/t18-,25+,26+,27+,28-,29+,30-,32-,34+/m1/s1. The molecule has 16 nitrogen and oxygen atoms in total. The number of carbonyl (C=O) groups is 2. The Labute approximate surface area is 295 Å². The monoisotopic (exact) mass is 727 g/mol. The van der Waals surface area contributed by atoms with Gasteiger partial charge in [-0.3, -0.25) is 14.3 Å². The molecule has 0 saturated carbocycles. The first-order valence-corrected chi connectivity index (χ1v) is 19.9. The SMILES string of the molecule is COc1ccc2c(c1)[C@]1(O[C@@H](CCn3cc(CCO)nn3)[C@H]([Si](C)(C)O)[C@H]1C)C(=O)N2Cc1cccc(NC(=O)[C@H]2O[C@@H](O)[C@H](O)[C@@H](O)[C@@H]2O)c1. The van der Waals surface area contributed by atoms with Crippen molar-refractivity contribution >= 4 is 31.5 Å². The van der Waals surface area contributed by atoms with Gasteiger partial charge in [-0.25, -0.2) is 0 Å². The number of aliphatic hydroxyl groups excluding tert-OH is 5. The van der Waals surface area contributed by atoms with E-state index in [4.69, 9.17) is 14.2 Å². The molecule has 9 atom stereocenters. The fourth-order valence-electron chi connectivity index (χ4n) is 7.77. The Hall–Kier alpha value is -3.78. The molecule has 2 amide bonds. The van der Waals surface area contributed by atoms with Crippen molar-refractivity contribution in [2.75, 3.05) is 23.9 Å². The molecule has 3 aromatic rings. The Morgan fingerprint density at radius 3 is 2.57 bits per heavy atom. The van der Waals surface area contributed by atoms with Crippen LogP contribution in [0.25, 0.3) is 0 Å². The van der Waals surface area contributed by atoms with E-state index in [1.807, 2.05) is 20.0 Å². The van der Waals surface area contributed by atoms with Gasteiger partial charge in [0.1, 0.15) is 24.1 Å². The van der Waals surface area contributed by atoms with E-state index in [1.165, 1.54) is 0 Å². The molecule has 2 saturated heterocycles. The van der Waals surface area contributed by atoms with Crippen LogP contribution < -0.4 is 15.0 Å². The first kappa shape index (κ1) is 37.0. The van der Waals surface area contributed by atoms with Crippen LogP contribution in [-0.2, 0) is 44.2 Å². The fourth-order valence-corrected chi connectivity index (χ4v) is 10.4. The first-order valence-electron chi connectivity index (χ1n) is 16.9. The predicted octanol–water partition coefficient (Wildman–Crippen LogP) is -0.00520. The number of rotatable bonds is 11. The van der Waals surface area contributed by atoms with Crippen LogP contribution in [-0.4, -0.2) is 116 Å². The highest BCUT2D eigenvalue weighted by Gasteiger charge is 2.66. The van der Waals surface area contributed by atoms with Gasteiger partial charge in [0, 0.05) is 48.5 Å². The normalized spacial score (nSPS) is 30.5. The zero-order chi connectivity index (χ0) is 36.8. The Kier molecular flexibility index (Phi) is 10.4. The number of aromatic nitrogens is 3. The summed E-state index contributed by atoms with van der Waals surface area (Å²) in [5, 5.41) is 60.1. The van der Waals surface area contributed by atoms with Gasteiger partial charge in [-0.05, 0) is 55.4 Å². The zero-order valence-electron chi connectivity index (χ0n) is 28.8. The van der Waals surface area contributed by atoms with Crippen LogP contribution in [0, 0.1) is 5.92 Å². The van der Waals surface area contributed by atoms with Gasteiger partial charge in [0.05, 0.1) is 31.1 Å². The van der Waals surface area contributed by atoms with Gasteiger partial charge in [0.25, 0.3) is 11.8 Å². The summed E-state index contributed by atoms with van der Waals surface area (Å²) >= 11 is 0. The number of anilines is 2. The van der Waals surface area contributed by atoms with E-state index in [0.29, 0.717) is 53.3 Å². The van der Waals surface area contributed by atoms with E-state index >= 15 is 0 Å². The van der Waals surface area contributed by atoms with E-state index in [0.717, 1.165) is 0 Å². The molecule has 1 spiro atoms. The van der Waals surface area contributed by atoms with Crippen LogP contribution in [0.3, 0.4) is 0 Å². The van der Waals surface area contributed by atoms with E-state index in [1.54, 1.807) is 65.4 Å². The number of ether oxygens (including phenoxy) is 3. The lowest BCUT2D eigenvalue weighted by molar-refractivity contribution is -0.274. The molecular weight excluding hydrogens is 682 g/mol. The highest BCUT2D eigenvalue weighted by atomic mass is 28.4. The number of methoxy groups -OCH3 is 1. The molecule has 0 aliphatic carbocycles. The predicted molar refractivity (Wildman–Crippen MR) is 183 cm³/mol. The van der Waals surface area contributed by atoms with Crippen molar-refractivity contribution in [2.24, 2.45) is 5.92 Å². The zero-order valence-corrected chi connectivity index (χ0v) is 29.8. The van der Waals surface area contributed by atoms with Crippen LogP contribution in [0.2, 0.25) is 18.6 Å². The lowest BCUT2D eigenvalue weighted by atomic mass is 9.82. The molecule has 1 aromatic heterocycles. The molecule has 6 rings (SSSR count). The Balaban J connectivity index is 1.27. The van der Waals surface area contributed by atoms with Crippen molar-refractivity contribution < 1.29 is 54.1 Å². The van der Waals surface area contributed by atoms with Crippen LogP contribution in [0.15, 0.2) is 48.7 Å². The molecule has 0 radical (unpaired) electrons. The van der Waals surface area contributed by atoms with Gasteiger partial charge in [0.15, 0.2) is 26.3 Å². The lowest BCUT2D eigenvalue weighted by Crippen LogP contribution is -2.60. The maximum absolute atomic E-state index is 14.8. The number of nitrogens with one attached hydrogen (secondary N) is 1. The highest BCUT2D eigenvalue weighted by molar-refractivity contribution is 6.71. The molecule has 3 aliphatic heterocycles. The van der Waals surface area contributed by atoms with Crippen molar-refractivity contribution in [3.05, 3.63) is 65.5 Å². The molecule has 7 N–H and O–H groups in total. The van der Waals surface area contributed by atoms with Crippen LogP contribution in [0.1, 0.15) is 30.2 Å². The lowest BCUT2D eigenvalue weighted by Gasteiger charge is -2.37. The summed E-state index contributed by atoms with van der Waals surface area (Å²) < 4.78 is 19.2. The van der Waals surface area contributed by atoms with Crippen molar-refractivity contribution in [2.45, 2.75) is 93.9 Å². The third-order valence-electron chi connectivity index (χ3n) is 10.2.